The van der Waals surface area contributed by atoms with Crippen molar-refractivity contribution in [2.75, 3.05) is 0 Å². The Hall–Kier alpha value is -1.17. The monoisotopic (exact) mass is 227 g/mol. The quantitative estimate of drug-likeness (QED) is 0.799. The van der Waals surface area contributed by atoms with Crippen LogP contribution in [0.1, 0.15) is 5.56 Å². The van der Waals surface area contributed by atoms with E-state index in [9.17, 15) is 18.0 Å². The van der Waals surface area contributed by atoms with E-state index in [-0.39, 0.29) is 5.56 Å². The Morgan fingerprint density at radius 3 is 2.57 bits per heavy atom. The third-order valence-electron chi connectivity index (χ3n) is 1.39. The second-order valence-corrected chi connectivity index (χ2v) is 2.87. The highest BCUT2D eigenvalue weighted by Gasteiger charge is 2.33. The van der Waals surface area contributed by atoms with Gasteiger partial charge in [0.2, 0.25) is 0 Å². The third-order valence-corrected chi connectivity index (χ3v) is 1.74. The number of pyridine rings is 1. The molecule has 3 nitrogen and oxygen atoms in total. The van der Waals surface area contributed by atoms with E-state index in [2.05, 4.69) is 9.72 Å². The molecule has 0 fully saturated rings. The van der Waals surface area contributed by atoms with Gasteiger partial charge in [0, 0.05) is 11.8 Å². The fourth-order valence-electron chi connectivity index (χ4n) is 0.820. The summed E-state index contributed by atoms with van der Waals surface area (Å²) in [5, 5.41) is -0.609. The lowest BCUT2D eigenvalue weighted by Gasteiger charge is -2.11. The standard InChI is InChI=1S/C7H5ClF3NO2/c1-3-2-12-6(13)4(8)5(3)14-7(9,10)11/h2H,1H3,(H,12,13). The van der Waals surface area contributed by atoms with E-state index in [4.69, 9.17) is 11.6 Å². The summed E-state index contributed by atoms with van der Waals surface area (Å²) in [4.78, 5) is 13.0. The highest BCUT2D eigenvalue weighted by atomic mass is 35.5. The molecule has 78 valence electrons. The zero-order valence-corrected chi connectivity index (χ0v) is 7.66. The summed E-state index contributed by atoms with van der Waals surface area (Å²) >= 11 is 5.34. The fraction of sp³-hybridized carbons (Fsp3) is 0.286. The lowest BCUT2D eigenvalue weighted by Crippen LogP contribution is -2.20. The summed E-state index contributed by atoms with van der Waals surface area (Å²) in [6.45, 7) is 1.34. The summed E-state index contributed by atoms with van der Waals surface area (Å²) in [6, 6.07) is 0. The molecule has 0 atom stereocenters. The van der Waals surface area contributed by atoms with Gasteiger partial charge in [-0.25, -0.2) is 0 Å². The molecule has 0 saturated heterocycles. The maximum Gasteiger partial charge on any atom is 0.573 e. The second-order valence-electron chi connectivity index (χ2n) is 2.49. The van der Waals surface area contributed by atoms with E-state index < -0.39 is 22.7 Å². The number of rotatable bonds is 1. The number of hydrogen-bond donors (Lipinski definition) is 1. The Balaban J connectivity index is 3.20. The molecule has 14 heavy (non-hydrogen) atoms. The summed E-state index contributed by atoms with van der Waals surface area (Å²) < 4.78 is 39.1. The van der Waals surface area contributed by atoms with Gasteiger partial charge in [0.05, 0.1) is 0 Å². The molecule has 0 radical (unpaired) electrons. The average Bonchev–Trinajstić information content (AvgIpc) is 2.04. The van der Waals surface area contributed by atoms with Crippen molar-refractivity contribution in [3.8, 4) is 5.75 Å². The molecule has 0 bridgehead atoms. The molecule has 1 aromatic rings. The first-order chi connectivity index (χ1) is 6.31. The van der Waals surface area contributed by atoms with E-state index in [1.807, 2.05) is 0 Å². The largest absolute Gasteiger partial charge is 0.573 e. The number of aromatic nitrogens is 1. The van der Waals surface area contributed by atoms with Crippen LogP contribution in [-0.4, -0.2) is 11.3 Å². The molecule has 1 N–H and O–H groups in total. The molecular formula is C7H5ClF3NO2. The predicted molar refractivity (Wildman–Crippen MR) is 43.5 cm³/mol. The van der Waals surface area contributed by atoms with Crippen LogP contribution in [0, 0.1) is 6.92 Å². The molecule has 1 aromatic heterocycles. The van der Waals surface area contributed by atoms with Crippen LogP contribution in [-0.2, 0) is 0 Å². The second kappa shape index (κ2) is 3.53. The summed E-state index contributed by atoms with van der Waals surface area (Å²) in [5.41, 5.74) is -0.719. The van der Waals surface area contributed by atoms with Crippen molar-refractivity contribution in [2.45, 2.75) is 13.3 Å². The van der Waals surface area contributed by atoms with Gasteiger partial charge < -0.3 is 9.72 Å². The topological polar surface area (TPSA) is 42.1 Å². The molecule has 0 unspecified atom stereocenters. The lowest BCUT2D eigenvalue weighted by atomic mass is 10.3. The molecule has 0 aliphatic carbocycles. The normalized spacial score (nSPS) is 11.5. The molecule has 7 heteroatoms. The van der Waals surface area contributed by atoms with Gasteiger partial charge in [0.1, 0.15) is 5.02 Å². The predicted octanol–water partition coefficient (Wildman–Crippen LogP) is 2.24. The maximum absolute atomic E-state index is 11.8. The van der Waals surface area contributed by atoms with Crippen molar-refractivity contribution in [1.82, 2.24) is 4.98 Å². The minimum atomic E-state index is -4.86. The van der Waals surface area contributed by atoms with Crippen LogP contribution in [0.5, 0.6) is 5.75 Å². The fourth-order valence-corrected chi connectivity index (χ4v) is 1.06. The molecule has 0 aliphatic heterocycles. The summed E-state index contributed by atoms with van der Waals surface area (Å²) in [7, 11) is 0. The molecule has 0 aromatic carbocycles. The van der Waals surface area contributed by atoms with Gasteiger partial charge in [-0.2, -0.15) is 0 Å². The van der Waals surface area contributed by atoms with E-state index in [1.165, 1.54) is 6.92 Å². The Bertz CT molecular complexity index is 399. The van der Waals surface area contributed by atoms with Gasteiger partial charge in [-0.3, -0.25) is 4.79 Å². The Morgan fingerprint density at radius 1 is 1.50 bits per heavy atom. The first-order valence-corrected chi connectivity index (χ1v) is 3.82. The number of halogens is 4. The van der Waals surface area contributed by atoms with E-state index in [1.54, 1.807) is 0 Å². The van der Waals surface area contributed by atoms with Gasteiger partial charge in [0.25, 0.3) is 5.56 Å². The SMILES string of the molecule is Cc1c[nH]c(=O)c(Cl)c1OC(F)(F)F. The molecule has 1 heterocycles. The van der Waals surface area contributed by atoms with Crippen LogP contribution < -0.4 is 10.3 Å². The lowest BCUT2D eigenvalue weighted by molar-refractivity contribution is -0.274. The van der Waals surface area contributed by atoms with Crippen molar-refractivity contribution in [1.29, 1.82) is 0 Å². The molecular weight excluding hydrogens is 223 g/mol. The summed E-state index contributed by atoms with van der Waals surface area (Å²) in [5.74, 6) is -0.664. The number of H-pyrrole nitrogens is 1. The van der Waals surface area contributed by atoms with E-state index in [0.717, 1.165) is 6.20 Å². The number of aryl methyl sites for hydroxylation is 1. The number of aromatic amines is 1. The van der Waals surface area contributed by atoms with Gasteiger partial charge >= 0.3 is 6.36 Å². The molecule has 0 aliphatic rings. The van der Waals surface area contributed by atoms with E-state index in [0.29, 0.717) is 0 Å². The summed E-state index contributed by atoms with van der Waals surface area (Å²) in [6.07, 6.45) is -3.77. The Morgan fingerprint density at radius 2 is 2.07 bits per heavy atom. The zero-order valence-electron chi connectivity index (χ0n) is 6.91. The molecule has 0 amide bonds. The zero-order chi connectivity index (χ0) is 10.9. The molecule has 1 rings (SSSR count). The van der Waals surface area contributed by atoms with Crippen LogP contribution >= 0.6 is 11.6 Å². The van der Waals surface area contributed by atoms with Crippen LogP contribution in [0.25, 0.3) is 0 Å². The van der Waals surface area contributed by atoms with Gasteiger partial charge in [-0.05, 0) is 6.92 Å². The average molecular weight is 228 g/mol. The molecule has 0 saturated carbocycles. The van der Waals surface area contributed by atoms with Gasteiger partial charge in [-0.15, -0.1) is 13.2 Å². The van der Waals surface area contributed by atoms with Gasteiger partial charge in [0.15, 0.2) is 5.75 Å². The van der Waals surface area contributed by atoms with Crippen molar-refractivity contribution in [2.24, 2.45) is 0 Å². The highest BCUT2D eigenvalue weighted by molar-refractivity contribution is 6.31. The van der Waals surface area contributed by atoms with E-state index >= 15 is 0 Å². The van der Waals surface area contributed by atoms with Crippen LogP contribution in [0.4, 0.5) is 13.2 Å². The molecule has 0 spiro atoms. The van der Waals surface area contributed by atoms with Crippen molar-refractivity contribution >= 4 is 11.6 Å². The van der Waals surface area contributed by atoms with Crippen molar-refractivity contribution < 1.29 is 17.9 Å². The third kappa shape index (κ3) is 2.41. The minimum absolute atomic E-state index is 0.104. The Labute approximate surface area is 81.5 Å². The smallest absolute Gasteiger partial charge is 0.404 e. The number of alkyl halides is 3. The van der Waals surface area contributed by atoms with Gasteiger partial charge in [-0.1, -0.05) is 11.6 Å². The van der Waals surface area contributed by atoms with Crippen LogP contribution in [0.3, 0.4) is 0 Å². The Kier molecular flexibility index (Phi) is 2.75. The minimum Gasteiger partial charge on any atom is -0.404 e. The van der Waals surface area contributed by atoms with Crippen molar-refractivity contribution in [3.05, 3.63) is 27.1 Å². The van der Waals surface area contributed by atoms with Crippen molar-refractivity contribution in [3.63, 3.8) is 0 Å². The number of hydrogen-bond acceptors (Lipinski definition) is 2. The first-order valence-electron chi connectivity index (χ1n) is 3.45. The van der Waals surface area contributed by atoms with Crippen LogP contribution in [0.2, 0.25) is 5.02 Å². The number of nitrogens with one attached hydrogen (secondary N) is 1. The first kappa shape index (κ1) is 10.9. The number of ether oxygens (including phenoxy) is 1. The van der Waals surface area contributed by atoms with Crippen LogP contribution in [0.15, 0.2) is 11.0 Å². The maximum atomic E-state index is 11.8. The highest BCUT2D eigenvalue weighted by Crippen LogP contribution is 2.29.